The summed E-state index contributed by atoms with van der Waals surface area (Å²) in [6.45, 7) is -0.234. The Hall–Kier alpha value is -2.92. The molecular formula is C19H18N2O3. The van der Waals surface area contributed by atoms with Gasteiger partial charge in [0, 0.05) is 11.8 Å². The van der Waals surface area contributed by atoms with Gasteiger partial charge in [0.1, 0.15) is 5.70 Å². The Morgan fingerprint density at radius 2 is 1.58 bits per heavy atom. The number of benzene rings is 2. The van der Waals surface area contributed by atoms with Gasteiger partial charge >= 0.3 is 0 Å². The minimum absolute atomic E-state index is 0.00929. The molecule has 24 heavy (non-hydrogen) atoms. The molecule has 0 saturated carbocycles. The summed E-state index contributed by atoms with van der Waals surface area (Å²) < 4.78 is 0. The lowest BCUT2D eigenvalue weighted by Crippen LogP contribution is -2.34. The minimum Gasteiger partial charge on any atom is -0.395 e. The molecule has 122 valence electrons. The molecule has 1 aliphatic rings. The Labute approximate surface area is 140 Å². The fourth-order valence-electron chi connectivity index (χ4n) is 2.60. The largest absolute Gasteiger partial charge is 0.395 e. The number of nitrogens with one attached hydrogen (secondary N) is 1. The number of imide groups is 1. The second-order valence-electron chi connectivity index (χ2n) is 5.56. The van der Waals surface area contributed by atoms with Crippen LogP contribution in [0.3, 0.4) is 0 Å². The van der Waals surface area contributed by atoms with Gasteiger partial charge in [-0.2, -0.15) is 0 Å². The average Bonchev–Trinajstić information content (AvgIpc) is 2.85. The first kappa shape index (κ1) is 16.0. The first-order valence-electron chi connectivity index (χ1n) is 7.75. The lowest BCUT2D eigenvalue weighted by atomic mass is 10.0. The summed E-state index contributed by atoms with van der Waals surface area (Å²) in [6.07, 6.45) is 2.10. The SMILES string of the molecule is O=C1C=C(Nc2ccc(Cc3ccccc3)cc2)C(=O)N1CCO. The highest BCUT2D eigenvalue weighted by Crippen LogP contribution is 2.18. The second-order valence-corrected chi connectivity index (χ2v) is 5.56. The summed E-state index contributed by atoms with van der Waals surface area (Å²) in [5.74, 6) is -0.820. The first-order chi connectivity index (χ1) is 11.7. The Bertz CT molecular complexity index is 767. The number of carbonyl (C=O) groups is 2. The Balaban J connectivity index is 1.66. The zero-order valence-corrected chi connectivity index (χ0v) is 13.1. The van der Waals surface area contributed by atoms with E-state index in [0.29, 0.717) is 0 Å². The van der Waals surface area contributed by atoms with Crippen molar-refractivity contribution in [2.75, 3.05) is 18.5 Å². The van der Waals surface area contributed by atoms with Crippen LogP contribution in [-0.4, -0.2) is 35.0 Å². The molecule has 0 aliphatic carbocycles. The number of rotatable bonds is 6. The molecule has 2 N–H and O–H groups in total. The number of aliphatic hydroxyl groups excluding tert-OH is 1. The molecule has 0 spiro atoms. The van der Waals surface area contributed by atoms with E-state index in [1.165, 1.54) is 11.6 Å². The Morgan fingerprint density at radius 1 is 0.917 bits per heavy atom. The van der Waals surface area contributed by atoms with E-state index < -0.39 is 11.8 Å². The number of aliphatic hydroxyl groups is 1. The predicted molar refractivity (Wildman–Crippen MR) is 91.2 cm³/mol. The number of hydrogen-bond donors (Lipinski definition) is 2. The number of hydrogen-bond acceptors (Lipinski definition) is 4. The number of nitrogens with zero attached hydrogens (tertiary/aromatic N) is 1. The molecule has 2 aromatic rings. The number of β-amino-alcohol motifs (C(OH)–C–C–N with tert-alkyl or cyclic N) is 1. The number of anilines is 1. The van der Waals surface area contributed by atoms with Gasteiger partial charge in [-0.05, 0) is 29.7 Å². The van der Waals surface area contributed by atoms with Crippen molar-refractivity contribution in [1.82, 2.24) is 4.90 Å². The normalized spacial score (nSPS) is 14.0. The van der Waals surface area contributed by atoms with Crippen LogP contribution in [0.15, 0.2) is 66.4 Å². The van der Waals surface area contributed by atoms with E-state index in [4.69, 9.17) is 5.11 Å². The number of carbonyl (C=O) groups excluding carboxylic acids is 2. The maximum Gasteiger partial charge on any atom is 0.277 e. The van der Waals surface area contributed by atoms with Crippen LogP contribution in [0, 0.1) is 0 Å². The summed E-state index contributed by atoms with van der Waals surface area (Å²) in [5, 5.41) is 11.9. The molecule has 0 radical (unpaired) electrons. The second kappa shape index (κ2) is 7.10. The maximum absolute atomic E-state index is 12.1. The molecule has 0 saturated heterocycles. The zero-order valence-electron chi connectivity index (χ0n) is 13.1. The van der Waals surface area contributed by atoms with Gasteiger partial charge in [-0.25, -0.2) is 0 Å². The third-order valence-corrected chi connectivity index (χ3v) is 3.82. The van der Waals surface area contributed by atoms with Crippen molar-refractivity contribution in [3.05, 3.63) is 77.5 Å². The molecule has 0 aromatic heterocycles. The van der Waals surface area contributed by atoms with Crippen molar-refractivity contribution in [1.29, 1.82) is 0 Å². The van der Waals surface area contributed by atoms with Crippen molar-refractivity contribution in [3.63, 3.8) is 0 Å². The van der Waals surface area contributed by atoms with Crippen LogP contribution >= 0.6 is 0 Å². The third-order valence-electron chi connectivity index (χ3n) is 3.82. The molecule has 1 aliphatic heterocycles. The molecule has 2 aromatic carbocycles. The summed E-state index contributed by atoms with van der Waals surface area (Å²) >= 11 is 0. The quantitative estimate of drug-likeness (QED) is 0.798. The highest BCUT2D eigenvalue weighted by atomic mass is 16.3. The monoisotopic (exact) mass is 322 g/mol. The average molecular weight is 322 g/mol. The predicted octanol–water partition coefficient (Wildman–Crippen LogP) is 1.93. The van der Waals surface area contributed by atoms with Gasteiger partial charge in [0.2, 0.25) is 0 Å². The van der Waals surface area contributed by atoms with Crippen molar-refractivity contribution >= 4 is 17.5 Å². The Morgan fingerprint density at radius 3 is 2.25 bits per heavy atom. The Kier molecular flexibility index (Phi) is 4.72. The molecule has 0 fully saturated rings. The van der Waals surface area contributed by atoms with E-state index in [0.717, 1.165) is 22.6 Å². The van der Waals surface area contributed by atoms with Gasteiger partial charge in [0.05, 0.1) is 13.2 Å². The fraction of sp³-hybridized carbons (Fsp3) is 0.158. The molecule has 0 atom stereocenters. The smallest absolute Gasteiger partial charge is 0.277 e. The third kappa shape index (κ3) is 3.52. The van der Waals surface area contributed by atoms with Gasteiger partial charge in [-0.15, -0.1) is 0 Å². The van der Waals surface area contributed by atoms with Crippen LogP contribution in [0.25, 0.3) is 0 Å². The van der Waals surface area contributed by atoms with E-state index in [2.05, 4.69) is 17.4 Å². The highest BCUT2D eigenvalue weighted by Gasteiger charge is 2.30. The van der Waals surface area contributed by atoms with Gasteiger partial charge in [-0.1, -0.05) is 42.5 Å². The van der Waals surface area contributed by atoms with Crippen molar-refractivity contribution in [3.8, 4) is 0 Å². The highest BCUT2D eigenvalue weighted by molar-refractivity contribution is 6.17. The zero-order chi connectivity index (χ0) is 16.9. The molecular weight excluding hydrogens is 304 g/mol. The molecule has 5 heteroatoms. The van der Waals surface area contributed by atoms with Gasteiger partial charge < -0.3 is 10.4 Å². The summed E-state index contributed by atoms with van der Waals surface area (Å²) in [4.78, 5) is 24.8. The lowest BCUT2D eigenvalue weighted by Gasteiger charge is -2.13. The van der Waals surface area contributed by atoms with Crippen molar-refractivity contribution < 1.29 is 14.7 Å². The lowest BCUT2D eigenvalue weighted by molar-refractivity contribution is -0.137. The molecule has 2 amide bonds. The maximum atomic E-state index is 12.1. The van der Waals surface area contributed by atoms with E-state index in [9.17, 15) is 9.59 Å². The van der Waals surface area contributed by atoms with Crippen LogP contribution in [-0.2, 0) is 16.0 Å². The topological polar surface area (TPSA) is 69.6 Å². The van der Waals surface area contributed by atoms with Crippen LogP contribution < -0.4 is 5.32 Å². The van der Waals surface area contributed by atoms with Gasteiger partial charge in [-0.3, -0.25) is 14.5 Å². The van der Waals surface area contributed by atoms with Crippen LogP contribution in [0.4, 0.5) is 5.69 Å². The molecule has 0 bridgehead atoms. The number of amides is 2. The van der Waals surface area contributed by atoms with E-state index in [1.54, 1.807) is 0 Å². The summed E-state index contributed by atoms with van der Waals surface area (Å²) in [6, 6.07) is 17.9. The van der Waals surface area contributed by atoms with Crippen LogP contribution in [0.1, 0.15) is 11.1 Å². The molecule has 5 nitrogen and oxygen atoms in total. The molecule has 0 unspecified atom stereocenters. The molecule has 3 rings (SSSR count). The van der Waals surface area contributed by atoms with E-state index in [1.807, 2.05) is 42.5 Å². The summed E-state index contributed by atoms with van der Waals surface area (Å²) in [7, 11) is 0. The minimum atomic E-state index is -0.414. The van der Waals surface area contributed by atoms with Crippen LogP contribution in [0.2, 0.25) is 0 Å². The van der Waals surface area contributed by atoms with E-state index in [-0.39, 0.29) is 18.8 Å². The standard InChI is InChI=1S/C19H18N2O3/c22-11-10-21-18(23)13-17(19(21)24)20-16-8-6-15(7-9-16)12-14-4-2-1-3-5-14/h1-9,13,20,22H,10-12H2. The van der Waals surface area contributed by atoms with Gasteiger partial charge in [0.25, 0.3) is 11.8 Å². The first-order valence-corrected chi connectivity index (χ1v) is 7.75. The van der Waals surface area contributed by atoms with Crippen LogP contribution in [0.5, 0.6) is 0 Å². The fourth-order valence-corrected chi connectivity index (χ4v) is 2.60. The summed E-state index contributed by atoms with van der Waals surface area (Å²) in [5.41, 5.74) is 3.36. The van der Waals surface area contributed by atoms with Crippen molar-refractivity contribution in [2.45, 2.75) is 6.42 Å². The van der Waals surface area contributed by atoms with E-state index >= 15 is 0 Å². The van der Waals surface area contributed by atoms with Gasteiger partial charge in [0.15, 0.2) is 0 Å². The van der Waals surface area contributed by atoms with Crippen molar-refractivity contribution in [2.24, 2.45) is 0 Å². The molecule has 1 heterocycles.